The zero-order valence-electron chi connectivity index (χ0n) is 21.3. The van der Waals surface area contributed by atoms with Crippen molar-refractivity contribution >= 4 is 70.5 Å². The number of rotatable bonds is 4. The van der Waals surface area contributed by atoms with E-state index in [4.69, 9.17) is 4.42 Å². The molecule has 0 amide bonds. The fourth-order valence-electron chi connectivity index (χ4n) is 5.63. The Bertz CT molecular complexity index is 2170. The Hall–Kier alpha value is -4.93. The minimum atomic E-state index is -0.234. The second-order valence-electron chi connectivity index (χ2n) is 9.92. The summed E-state index contributed by atoms with van der Waals surface area (Å²) in [5, 5.41) is 4.73. The summed E-state index contributed by atoms with van der Waals surface area (Å²) in [5.74, 6) is -0.234. The van der Waals surface area contributed by atoms with Crippen LogP contribution in [0.15, 0.2) is 138 Å². The highest BCUT2D eigenvalue weighted by Gasteiger charge is 2.20. The van der Waals surface area contributed by atoms with Gasteiger partial charge < -0.3 is 9.32 Å². The molecule has 0 N–H and O–H groups in total. The zero-order chi connectivity index (χ0) is 26.6. The summed E-state index contributed by atoms with van der Waals surface area (Å²) in [6.07, 6.45) is 0. The highest BCUT2D eigenvalue weighted by Crippen LogP contribution is 2.44. The predicted octanol–water partition coefficient (Wildman–Crippen LogP) is 11.2. The normalized spacial score (nSPS) is 11.6. The number of anilines is 3. The van der Waals surface area contributed by atoms with Gasteiger partial charge in [0.15, 0.2) is 5.58 Å². The van der Waals surface area contributed by atoms with Crippen LogP contribution in [0.1, 0.15) is 0 Å². The Kier molecular flexibility index (Phi) is 5.22. The summed E-state index contributed by atoms with van der Waals surface area (Å²) in [6, 6.07) is 44.8. The molecular formula is C36H22FNOS. The number of hydrogen-bond acceptors (Lipinski definition) is 3. The molecule has 0 atom stereocenters. The fourth-order valence-corrected chi connectivity index (χ4v) is 6.77. The number of fused-ring (bicyclic) bond motifs is 6. The van der Waals surface area contributed by atoms with E-state index in [0.717, 1.165) is 50.1 Å². The number of para-hydroxylation sites is 2. The Balaban J connectivity index is 1.34. The largest absolute Gasteiger partial charge is 0.454 e. The molecule has 0 spiro atoms. The molecule has 40 heavy (non-hydrogen) atoms. The van der Waals surface area contributed by atoms with E-state index in [0.29, 0.717) is 0 Å². The van der Waals surface area contributed by atoms with Gasteiger partial charge in [0.25, 0.3) is 0 Å². The first kappa shape index (κ1) is 23.0. The van der Waals surface area contributed by atoms with Gasteiger partial charge in [-0.15, -0.1) is 11.3 Å². The molecule has 2 nitrogen and oxygen atoms in total. The molecule has 0 aliphatic heterocycles. The third kappa shape index (κ3) is 3.69. The van der Waals surface area contributed by atoms with Gasteiger partial charge in [0.05, 0.1) is 5.69 Å². The maximum absolute atomic E-state index is 13.5. The maximum Gasteiger partial charge on any atom is 0.159 e. The van der Waals surface area contributed by atoms with E-state index in [1.54, 1.807) is 0 Å². The summed E-state index contributed by atoms with van der Waals surface area (Å²) in [5.41, 5.74) is 6.78. The third-order valence-corrected chi connectivity index (χ3v) is 8.68. The lowest BCUT2D eigenvalue weighted by Crippen LogP contribution is -2.10. The first-order valence-corrected chi connectivity index (χ1v) is 14.0. The van der Waals surface area contributed by atoms with Crippen LogP contribution in [-0.2, 0) is 0 Å². The second-order valence-corrected chi connectivity index (χ2v) is 11.0. The van der Waals surface area contributed by atoms with E-state index in [2.05, 4.69) is 95.9 Å². The van der Waals surface area contributed by atoms with E-state index in [-0.39, 0.29) is 5.82 Å². The topological polar surface area (TPSA) is 16.4 Å². The number of benzene rings is 6. The molecule has 2 aromatic heterocycles. The van der Waals surface area contributed by atoms with Gasteiger partial charge in [0, 0.05) is 42.3 Å². The van der Waals surface area contributed by atoms with Gasteiger partial charge in [-0.05, 0) is 65.7 Å². The zero-order valence-corrected chi connectivity index (χ0v) is 22.2. The van der Waals surface area contributed by atoms with Gasteiger partial charge in [-0.1, -0.05) is 78.9 Å². The number of thiophene rings is 1. The van der Waals surface area contributed by atoms with Crippen LogP contribution in [0, 0.1) is 5.82 Å². The summed E-state index contributed by atoms with van der Waals surface area (Å²) in [4.78, 5) is 2.27. The second kappa shape index (κ2) is 9.08. The molecule has 0 saturated carbocycles. The number of halogens is 1. The van der Waals surface area contributed by atoms with E-state index < -0.39 is 0 Å². The smallest absolute Gasteiger partial charge is 0.159 e. The van der Waals surface area contributed by atoms with E-state index in [1.165, 1.54) is 32.3 Å². The SMILES string of the molecule is Fc1ccc(-c2ccc(N(c3ccc4c(c3)sc3ccccc34)c3cccc4c3oc3ccccc34)cc2)cc1. The molecule has 190 valence electrons. The van der Waals surface area contributed by atoms with E-state index in [1.807, 2.05) is 41.7 Å². The van der Waals surface area contributed by atoms with Crippen molar-refractivity contribution < 1.29 is 8.81 Å². The van der Waals surface area contributed by atoms with Crippen LogP contribution in [0.3, 0.4) is 0 Å². The van der Waals surface area contributed by atoms with Crippen LogP contribution in [0.5, 0.6) is 0 Å². The van der Waals surface area contributed by atoms with Crippen LogP contribution in [0.4, 0.5) is 21.5 Å². The number of nitrogens with zero attached hydrogens (tertiary/aromatic N) is 1. The summed E-state index contributed by atoms with van der Waals surface area (Å²) < 4.78 is 22.5. The highest BCUT2D eigenvalue weighted by molar-refractivity contribution is 7.25. The van der Waals surface area contributed by atoms with Gasteiger partial charge in [-0.25, -0.2) is 4.39 Å². The van der Waals surface area contributed by atoms with Crippen LogP contribution in [0.25, 0.3) is 53.2 Å². The molecule has 2 heterocycles. The molecule has 0 unspecified atom stereocenters. The molecule has 0 saturated heterocycles. The van der Waals surface area contributed by atoms with Gasteiger partial charge >= 0.3 is 0 Å². The molecule has 8 aromatic rings. The van der Waals surface area contributed by atoms with Crippen molar-refractivity contribution in [3.63, 3.8) is 0 Å². The lowest BCUT2D eigenvalue weighted by molar-refractivity contribution is 0.628. The molecule has 0 fully saturated rings. The number of furan rings is 1. The van der Waals surface area contributed by atoms with Gasteiger partial charge in [0.1, 0.15) is 11.4 Å². The molecule has 0 bridgehead atoms. The van der Waals surface area contributed by atoms with Gasteiger partial charge in [-0.2, -0.15) is 0 Å². The molecule has 0 radical (unpaired) electrons. The molecule has 8 rings (SSSR count). The summed E-state index contributed by atoms with van der Waals surface area (Å²) in [6.45, 7) is 0. The summed E-state index contributed by atoms with van der Waals surface area (Å²) >= 11 is 1.81. The monoisotopic (exact) mass is 535 g/mol. The lowest BCUT2D eigenvalue weighted by atomic mass is 10.0. The van der Waals surface area contributed by atoms with E-state index >= 15 is 0 Å². The molecule has 6 aromatic carbocycles. The van der Waals surface area contributed by atoms with Crippen molar-refractivity contribution in [1.29, 1.82) is 0 Å². The van der Waals surface area contributed by atoms with Crippen molar-refractivity contribution in [3.8, 4) is 11.1 Å². The number of hydrogen-bond donors (Lipinski definition) is 0. The average molecular weight is 536 g/mol. The molecule has 0 aliphatic carbocycles. The quantitative estimate of drug-likeness (QED) is 0.223. The van der Waals surface area contributed by atoms with Gasteiger partial charge in [0.2, 0.25) is 0 Å². The first-order chi connectivity index (χ1) is 19.7. The minimum Gasteiger partial charge on any atom is -0.454 e. The van der Waals surface area contributed by atoms with E-state index in [9.17, 15) is 4.39 Å². The van der Waals surface area contributed by atoms with Crippen molar-refractivity contribution in [2.45, 2.75) is 0 Å². The minimum absolute atomic E-state index is 0.234. The first-order valence-electron chi connectivity index (χ1n) is 13.2. The Morgan fingerprint density at radius 1 is 0.525 bits per heavy atom. The summed E-state index contributed by atoms with van der Waals surface area (Å²) in [7, 11) is 0. The standard InChI is InChI=1S/C36H22FNOS/c37-25-16-12-23(13-17-25)24-14-18-26(19-15-24)38(27-20-21-30-29-7-2-4-11-34(29)40-35(30)22-27)32-9-5-8-31-28-6-1-3-10-33(28)39-36(31)32/h1-22H. The molecule has 0 aliphatic rings. The Labute approximate surface area is 234 Å². The Morgan fingerprint density at radius 3 is 2.00 bits per heavy atom. The molecule has 4 heteroatoms. The van der Waals surface area contributed by atoms with Crippen molar-refractivity contribution in [2.24, 2.45) is 0 Å². The van der Waals surface area contributed by atoms with Crippen molar-refractivity contribution in [1.82, 2.24) is 0 Å². The third-order valence-electron chi connectivity index (χ3n) is 7.55. The maximum atomic E-state index is 13.5. The van der Waals surface area contributed by atoms with Crippen LogP contribution in [-0.4, -0.2) is 0 Å². The van der Waals surface area contributed by atoms with Crippen molar-refractivity contribution in [3.05, 3.63) is 139 Å². The fraction of sp³-hybridized carbons (Fsp3) is 0. The lowest BCUT2D eigenvalue weighted by Gasteiger charge is -2.26. The highest BCUT2D eigenvalue weighted by atomic mass is 32.1. The van der Waals surface area contributed by atoms with Crippen LogP contribution in [0.2, 0.25) is 0 Å². The average Bonchev–Trinajstić information content (AvgIpc) is 3.57. The Morgan fingerprint density at radius 2 is 1.18 bits per heavy atom. The predicted molar refractivity (Wildman–Crippen MR) is 167 cm³/mol. The van der Waals surface area contributed by atoms with Crippen LogP contribution >= 0.6 is 11.3 Å². The van der Waals surface area contributed by atoms with Crippen LogP contribution < -0.4 is 4.90 Å². The van der Waals surface area contributed by atoms with Crippen molar-refractivity contribution in [2.75, 3.05) is 4.90 Å². The molecular weight excluding hydrogens is 513 g/mol. The van der Waals surface area contributed by atoms with Gasteiger partial charge in [-0.3, -0.25) is 0 Å².